The first kappa shape index (κ1) is 35.6. The van der Waals surface area contributed by atoms with Crippen molar-refractivity contribution >= 4 is 22.4 Å². The van der Waals surface area contributed by atoms with Crippen LogP contribution in [0.1, 0.15) is 42.3 Å². The molecule has 2 saturated heterocycles. The molecule has 4 aliphatic heterocycles. The zero-order chi connectivity index (χ0) is 38.1. The summed E-state index contributed by atoms with van der Waals surface area (Å²) in [6.07, 6.45) is -6.44. The van der Waals surface area contributed by atoms with Gasteiger partial charge < -0.3 is 57.6 Å². The smallest absolute Gasteiger partial charge is 0.339 e. The van der Waals surface area contributed by atoms with Crippen molar-refractivity contribution in [3.05, 3.63) is 75.3 Å². The predicted octanol–water partition coefficient (Wildman–Crippen LogP) is 4.73. The third-order valence-corrected chi connectivity index (χ3v) is 10.0. The van der Waals surface area contributed by atoms with Crippen molar-refractivity contribution in [1.82, 2.24) is 0 Å². The van der Waals surface area contributed by atoms with E-state index < -0.39 is 53.5 Å². The van der Waals surface area contributed by atoms with Crippen molar-refractivity contribution in [3.63, 3.8) is 0 Å². The highest BCUT2D eigenvalue weighted by Crippen LogP contribution is 2.52. The molecule has 0 aliphatic carbocycles. The van der Waals surface area contributed by atoms with E-state index in [0.717, 1.165) is 0 Å². The van der Waals surface area contributed by atoms with E-state index in [0.29, 0.717) is 44.5 Å². The Bertz CT molecular complexity index is 2120. The zero-order valence-electron chi connectivity index (χ0n) is 29.9. The molecular formula is C38H37NO15. The number of aliphatic hydroxyl groups excluding tert-OH is 2. The molecule has 284 valence electrons. The van der Waals surface area contributed by atoms with Gasteiger partial charge in [0.1, 0.15) is 42.4 Å². The summed E-state index contributed by atoms with van der Waals surface area (Å²) >= 11 is 0. The number of non-ortho nitro benzene ring substituents is 1. The molecule has 4 heterocycles. The normalized spacial score (nSPS) is 24.4. The van der Waals surface area contributed by atoms with Gasteiger partial charge in [0.15, 0.2) is 29.3 Å². The average Bonchev–Trinajstić information content (AvgIpc) is 3.79. The largest absolute Gasteiger partial charge is 0.493 e. The Morgan fingerprint density at radius 2 is 1.54 bits per heavy atom. The number of hydrogen-bond acceptors (Lipinski definition) is 15. The highest BCUT2D eigenvalue weighted by atomic mass is 16.8. The molecule has 6 unspecified atom stereocenters. The van der Waals surface area contributed by atoms with Crippen molar-refractivity contribution < 1.29 is 67.3 Å². The fraction of sp³-hybridized carbons (Fsp3) is 0.395. The van der Waals surface area contributed by atoms with E-state index in [1.54, 1.807) is 57.2 Å². The van der Waals surface area contributed by atoms with E-state index in [4.69, 9.17) is 47.4 Å². The summed E-state index contributed by atoms with van der Waals surface area (Å²) in [5, 5.41) is 34.4. The number of esters is 1. The lowest BCUT2D eigenvalue weighted by Gasteiger charge is -2.45. The summed E-state index contributed by atoms with van der Waals surface area (Å²) in [5.41, 5.74) is 1.10. The van der Waals surface area contributed by atoms with Gasteiger partial charge >= 0.3 is 5.97 Å². The van der Waals surface area contributed by atoms with Gasteiger partial charge in [-0.15, -0.1) is 0 Å². The molecule has 0 aromatic heterocycles. The minimum Gasteiger partial charge on any atom is -0.493 e. The molecule has 16 heteroatoms. The lowest BCUT2D eigenvalue weighted by Crippen LogP contribution is -2.63. The minimum absolute atomic E-state index is 0.0324. The third kappa shape index (κ3) is 5.95. The first-order valence-corrected chi connectivity index (χ1v) is 17.1. The molecule has 6 atom stereocenters. The molecule has 0 saturated carbocycles. The molecule has 8 rings (SSSR count). The van der Waals surface area contributed by atoms with Crippen LogP contribution >= 0.6 is 0 Å². The number of benzene rings is 4. The number of fused-ring (bicyclic) bond motifs is 4. The van der Waals surface area contributed by atoms with Gasteiger partial charge in [0.2, 0.25) is 18.8 Å². The van der Waals surface area contributed by atoms with E-state index in [1.807, 2.05) is 0 Å². The summed E-state index contributed by atoms with van der Waals surface area (Å²) < 4.78 is 59.0. The molecule has 4 aromatic carbocycles. The van der Waals surface area contributed by atoms with Crippen LogP contribution in [0.2, 0.25) is 0 Å². The number of aliphatic hydroxyl groups is 2. The van der Waals surface area contributed by atoms with Crippen LogP contribution in [0.25, 0.3) is 21.9 Å². The number of hydrogen-bond donors (Lipinski definition) is 2. The molecule has 4 aliphatic rings. The number of nitrogens with zero attached hydrogens (tertiary/aromatic N) is 1. The van der Waals surface area contributed by atoms with Crippen LogP contribution in [0.5, 0.6) is 34.5 Å². The Morgan fingerprint density at radius 1 is 0.870 bits per heavy atom. The van der Waals surface area contributed by atoms with Crippen molar-refractivity contribution in [1.29, 1.82) is 0 Å². The highest BCUT2D eigenvalue weighted by Gasteiger charge is 2.50. The number of methoxy groups -OCH3 is 2. The van der Waals surface area contributed by atoms with Crippen LogP contribution in [0.15, 0.2) is 48.5 Å². The maximum atomic E-state index is 13.7. The standard InChI is InChI=1S/C38H37NO15/c1-17-47-15-28-35(51-17)31(40)32(41)37(52-28)53-33-22-13-25-24(49-16-50-25)12-21(22)29(30-23(33)14-48-36(30)42)18-10-26(45-4)34(27(11-18)46-5)54-38(2,3)19-6-8-20(9-7-19)39(43)44/h6-13,17,28,31-32,35,37,40-41H,14-16H2,1-5H3. The van der Waals surface area contributed by atoms with Crippen LogP contribution in [0.3, 0.4) is 0 Å². The Labute approximate surface area is 308 Å². The number of nitro groups is 1. The molecule has 0 amide bonds. The lowest BCUT2D eigenvalue weighted by molar-refractivity contribution is -0.384. The quantitative estimate of drug-likeness (QED) is 0.136. The Kier molecular flexibility index (Phi) is 8.89. The maximum Gasteiger partial charge on any atom is 0.339 e. The van der Waals surface area contributed by atoms with E-state index in [2.05, 4.69) is 0 Å². The summed E-state index contributed by atoms with van der Waals surface area (Å²) in [7, 11) is 2.93. The molecule has 4 aromatic rings. The second kappa shape index (κ2) is 13.5. The summed E-state index contributed by atoms with van der Waals surface area (Å²) in [6.45, 7) is 5.20. The van der Waals surface area contributed by atoms with Gasteiger partial charge in [-0.3, -0.25) is 10.1 Å². The number of carbonyl (C=O) groups excluding carboxylic acids is 1. The number of ether oxygens (including phenoxy) is 10. The Morgan fingerprint density at radius 3 is 2.19 bits per heavy atom. The molecule has 0 bridgehead atoms. The third-order valence-electron chi connectivity index (χ3n) is 10.0. The monoisotopic (exact) mass is 747 g/mol. The van der Waals surface area contributed by atoms with Gasteiger partial charge in [0, 0.05) is 28.6 Å². The lowest BCUT2D eigenvalue weighted by atomic mass is 9.89. The average molecular weight is 748 g/mol. The first-order valence-electron chi connectivity index (χ1n) is 17.1. The predicted molar refractivity (Wildman–Crippen MR) is 186 cm³/mol. The minimum atomic E-state index is -1.52. The second-order valence-corrected chi connectivity index (χ2v) is 13.7. The zero-order valence-corrected chi connectivity index (χ0v) is 29.9. The van der Waals surface area contributed by atoms with Crippen molar-refractivity contribution in [3.8, 4) is 45.6 Å². The fourth-order valence-electron chi connectivity index (χ4n) is 7.24. The number of carbonyl (C=O) groups is 1. The van der Waals surface area contributed by atoms with E-state index in [9.17, 15) is 25.1 Å². The van der Waals surface area contributed by atoms with Crippen molar-refractivity contribution in [2.75, 3.05) is 27.6 Å². The fourth-order valence-corrected chi connectivity index (χ4v) is 7.24. The summed E-state index contributed by atoms with van der Waals surface area (Å²) in [5.74, 6) is 1.17. The number of rotatable bonds is 9. The maximum absolute atomic E-state index is 13.7. The van der Waals surface area contributed by atoms with Crippen molar-refractivity contribution in [2.24, 2.45) is 0 Å². The van der Waals surface area contributed by atoms with Gasteiger partial charge in [-0.25, -0.2) is 4.79 Å². The van der Waals surface area contributed by atoms with E-state index >= 15 is 0 Å². The van der Waals surface area contributed by atoms with Crippen LogP contribution in [0.4, 0.5) is 5.69 Å². The summed E-state index contributed by atoms with van der Waals surface area (Å²) in [6, 6.07) is 12.9. The number of nitro benzene ring substituents is 1. The van der Waals surface area contributed by atoms with Gasteiger partial charge in [0.25, 0.3) is 5.69 Å². The van der Waals surface area contributed by atoms with Gasteiger partial charge in [-0.2, -0.15) is 0 Å². The van der Waals surface area contributed by atoms with E-state index in [1.165, 1.54) is 26.4 Å². The second-order valence-electron chi connectivity index (χ2n) is 13.7. The summed E-state index contributed by atoms with van der Waals surface area (Å²) in [4.78, 5) is 24.5. The van der Waals surface area contributed by atoms with Crippen molar-refractivity contribution in [2.45, 2.75) is 70.0 Å². The van der Waals surface area contributed by atoms with Gasteiger partial charge in [-0.1, -0.05) is 0 Å². The SMILES string of the molecule is COc1cc(-c2c3c(c(OC4OC5COC(C)OC5C(O)C4O)c4cc5c(cc24)OCO5)COC3=O)cc(OC)c1OC(C)(C)c1ccc([N+](=O)[O-])cc1. The van der Waals surface area contributed by atoms with Crippen LogP contribution < -0.4 is 28.4 Å². The molecule has 0 radical (unpaired) electrons. The molecule has 2 N–H and O–H groups in total. The molecular weight excluding hydrogens is 710 g/mol. The highest BCUT2D eigenvalue weighted by molar-refractivity contribution is 6.14. The van der Waals surface area contributed by atoms with Gasteiger partial charge in [-0.05, 0) is 73.7 Å². The number of cyclic esters (lactones) is 1. The molecule has 54 heavy (non-hydrogen) atoms. The molecule has 16 nitrogen and oxygen atoms in total. The topological polar surface area (TPSA) is 193 Å². The van der Waals surface area contributed by atoms with Crippen LogP contribution in [-0.4, -0.2) is 85.7 Å². The Hall–Kier alpha value is -5.39. The Balaban J connectivity index is 1.25. The molecule has 2 fully saturated rings. The molecule has 0 spiro atoms. The van der Waals surface area contributed by atoms with Crippen LogP contribution in [-0.2, 0) is 31.2 Å². The van der Waals surface area contributed by atoms with E-state index in [-0.39, 0.29) is 54.3 Å². The van der Waals surface area contributed by atoms with Gasteiger partial charge in [0.05, 0.1) is 31.3 Å². The van der Waals surface area contributed by atoms with Crippen LogP contribution in [0, 0.1) is 10.1 Å². The first-order chi connectivity index (χ1) is 25.9.